The SMILES string of the molecule is CC(=O)NC1=C(c2nc3ccccc3s2)C2CCN(CCN(C)C)CC2S1. The van der Waals surface area contributed by atoms with Gasteiger partial charge in [-0.1, -0.05) is 12.1 Å². The van der Waals surface area contributed by atoms with E-state index in [-0.39, 0.29) is 5.91 Å². The average molecular weight is 403 g/mol. The summed E-state index contributed by atoms with van der Waals surface area (Å²) in [6.07, 6.45) is 1.12. The van der Waals surface area contributed by atoms with Crippen molar-refractivity contribution in [1.82, 2.24) is 20.1 Å². The molecular weight excluding hydrogens is 376 g/mol. The number of para-hydroxylation sites is 1. The van der Waals surface area contributed by atoms with Gasteiger partial charge in [-0.05, 0) is 39.2 Å². The van der Waals surface area contributed by atoms with Crippen molar-refractivity contribution in [3.63, 3.8) is 0 Å². The first kappa shape index (κ1) is 18.9. The molecule has 3 heterocycles. The van der Waals surface area contributed by atoms with Crippen LogP contribution in [-0.4, -0.2) is 66.2 Å². The van der Waals surface area contributed by atoms with Crippen LogP contribution < -0.4 is 5.32 Å². The quantitative estimate of drug-likeness (QED) is 0.833. The molecule has 27 heavy (non-hydrogen) atoms. The Labute approximate surface area is 168 Å². The number of carbonyl (C=O) groups is 1. The highest BCUT2D eigenvalue weighted by Crippen LogP contribution is 2.50. The molecule has 0 saturated carbocycles. The van der Waals surface area contributed by atoms with Gasteiger partial charge in [0.1, 0.15) is 5.01 Å². The summed E-state index contributed by atoms with van der Waals surface area (Å²) in [5.41, 5.74) is 2.30. The van der Waals surface area contributed by atoms with Crippen molar-refractivity contribution >= 4 is 44.8 Å². The standard InChI is InChI=1S/C20H26N4OS2/c1-13(25)21-19-18(20-22-15-6-4-5-7-16(15)26-20)14-8-9-24(11-10-23(2)3)12-17(14)27-19/h4-7,14,17H,8-12H2,1-3H3,(H,21,25). The Morgan fingerprint density at radius 3 is 2.93 bits per heavy atom. The van der Waals surface area contributed by atoms with Crippen LogP contribution >= 0.6 is 23.1 Å². The number of allylic oxidation sites excluding steroid dienone is 1. The average Bonchev–Trinajstić information content (AvgIpc) is 3.18. The van der Waals surface area contributed by atoms with E-state index in [4.69, 9.17) is 4.98 Å². The maximum Gasteiger partial charge on any atom is 0.221 e. The van der Waals surface area contributed by atoms with E-state index in [1.807, 2.05) is 17.8 Å². The minimum Gasteiger partial charge on any atom is -0.321 e. The highest BCUT2D eigenvalue weighted by Gasteiger charge is 2.41. The molecule has 0 radical (unpaired) electrons. The lowest BCUT2D eigenvalue weighted by Crippen LogP contribution is -2.43. The number of nitrogens with zero attached hydrogens (tertiary/aromatic N) is 3. The molecule has 1 N–H and O–H groups in total. The van der Waals surface area contributed by atoms with Crippen molar-refractivity contribution in [1.29, 1.82) is 0 Å². The summed E-state index contributed by atoms with van der Waals surface area (Å²) >= 11 is 3.58. The molecule has 1 saturated heterocycles. The molecular formula is C20H26N4OS2. The Balaban J connectivity index is 1.60. The summed E-state index contributed by atoms with van der Waals surface area (Å²) in [6.45, 7) is 5.95. The van der Waals surface area contributed by atoms with E-state index in [0.29, 0.717) is 11.2 Å². The molecule has 0 aliphatic carbocycles. The fourth-order valence-corrected chi connectivity index (χ4v) is 6.61. The highest BCUT2D eigenvalue weighted by molar-refractivity contribution is 8.04. The van der Waals surface area contributed by atoms with Gasteiger partial charge >= 0.3 is 0 Å². The zero-order valence-corrected chi connectivity index (χ0v) is 17.7. The van der Waals surface area contributed by atoms with E-state index in [1.54, 1.807) is 18.3 Å². The van der Waals surface area contributed by atoms with Gasteiger partial charge in [-0.2, -0.15) is 0 Å². The molecule has 0 bridgehead atoms. The first-order valence-corrected chi connectivity index (χ1v) is 11.1. The molecule has 2 aliphatic rings. The molecule has 144 valence electrons. The highest BCUT2D eigenvalue weighted by atomic mass is 32.2. The van der Waals surface area contributed by atoms with Crippen LogP contribution in [0.15, 0.2) is 29.3 Å². The van der Waals surface area contributed by atoms with Crippen LogP contribution in [0.4, 0.5) is 0 Å². The van der Waals surface area contributed by atoms with Gasteiger partial charge in [0.25, 0.3) is 0 Å². The predicted molar refractivity (Wildman–Crippen MR) is 115 cm³/mol. The third-order valence-electron chi connectivity index (χ3n) is 5.21. The first-order valence-electron chi connectivity index (χ1n) is 9.42. The van der Waals surface area contributed by atoms with Gasteiger partial charge in [0.05, 0.1) is 15.2 Å². The Morgan fingerprint density at radius 2 is 2.19 bits per heavy atom. The second-order valence-corrected chi connectivity index (χ2v) is 9.85. The second kappa shape index (κ2) is 7.91. The number of fused-ring (bicyclic) bond motifs is 2. The number of likely N-dealkylation sites (N-methyl/N-ethyl adjacent to an activating group) is 1. The predicted octanol–water partition coefficient (Wildman–Crippen LogP) is 3.10. The fraction of sp³-hybridized carbons (Fsp3) is 0.500. The third kappa shape index (κ3) is 4.06. The van der Waals surface area contributed by atoms with Gasteiger partial charge in [-0.25, -0.2) is 4.98 Å². The molecule has 1 fully saturated rings. The minimum absolute atomic E-state index is 0.000720. The summed E-state index contributed by atoms with van der Waals surface area (Å²) in [5.74, 6) is 0.465. The Hall–Kier alpha value is -1.41. The van der Waals surface area contributed by atoms with E-state index in [2.05, 4.69) is 47.4 Å². The maximum atomic E-state index is 11.8. The van der Waals surface area contributed by atoms with Gasteiger partial charge in [0.2, 0.25) is 5.91 Å². The lowest BCUT2D eigenvalue weighted by molar-refractivity contribution is -0.118. The van der Waals surface area contributed by atoms with Gasteiger partial charge in [0.15, 0.2) is 0 Å². The van der Waals surface area contributed by atoms with E-state index < -0.39 is 0 Å². The summed E-state index contributed by atoms with van der Waals surface area (Å²) in [6, 6.07) is 8.28. The number of amides is 1. The maximum absolute atomic E-state index is 11.8. The number of thioether (sulfide) groups is 1. The van der Waals surface area contributed by atoms with E-state index in [1.165, 1.54) is 10.3 Å². The van der Waals surface area contributed by atoms with Crippen molar-refractivity contribution in [3.05, 3.63) is 34.3 Å². The van der Waals surface area contributed by atoms with E-state index in [9.17, 15) is 4.79 Å². The van der Waals surface area contributed by atoms with Gasteiger partial charge in [-0.3, -0.25) is 4.79 Å². The van der Waals surface area contributed by atoms with Crippen molar-refractivity contribution in [2.75, 3.05) is 40.3 Å². The Bertz CT molecular complexity index is 843. The summed E-state index contributed by atoms with van der Waals surface area (Å²) < 4.78 is 1.21. The second-order valence-electron chi connectivity index (χ2n) is 7.57. The van der Waals surface area contributed by atoms with Crippen LogP contribution in [0, 0.1) is 5.92 Å². The molecule has 4 rings (SSSR count). The van der Waals surface area contributed by atoms with Crippen molar-refractivity contribution in [2.24, 2.45) is 5.92 Å². The van der Waals surface area contributed by atoms with Crippen LogP contribution in [0.2, 0.25) is 0 Å². The number of carbonyl (C=O) groups excluding carboxylic acids is 1. The number of nitrogens with one attached hydrogen (secondary N) is 1. The number of piperidine rings is 1. The topological polar surface area (TPSA) is 48.5 Å². The molecule has 2 aliphatic heterocycles. The zero-order valence-electron chi connectivity index (χ0n) is 16.1. The number of likely N-dealkylation sites (tertiary alicyclic amines) is 1. The van der Waals surface area contributed by atoms with E-state index >= 15 is 0 Å². The van der Waals surface area contributed by atoms with Crippen molar-refractivity contribution in [2.45, 2.75) is 18.6 Å². The smallest absolute Gasteiger partial charge is 0.221 e. The normalized spacial score (nSPS) is 23.3. The molecule has 2 atom stereocenters. The third-order valence-corrected chi connectivity index (χ3v) is 7.61. The number of thiazole rings is 1. The molecule has 1 aromatic heterocycles. The molecule has 2 unspecified atom stereocenters. The number of hydrogen-bond donors (Lipinski definition) is 1. The first-order chi connectivity index (χ1) is 13.0. The van der Waals surface area contributed by atoms with Gasteiger partial charge in [0, 0.05) is 43.3 Å². The molecule has 0 spiro atoms. The van der Waals surface area contributed by atoms with Crippen LogP contribution in [-0.2, 0) is 4.79 Å². The number of aromatic nitrogens is 1. The molecule has 1 aromatic carbocycles. The van der Waals surface area contributed by atoms with E-state index in [0.717, 1.165) is 48.2 Å². The number of hydrogen-bond acceptors (Lipinski definition) is 6. The Kier molecular flexibility index (Phi) is 5.55. The number of benzene rings is 1. The van der Waals surface area contributed by atoms with Crippen LogP contribution in [0.25, 0.3) is 15.8 Å². The lowest BCUT2D eigenvalue weighted by atomic mass is 9.89. The molecule has 2 aromatic rings. The Morgan fingerprint density at radius 1 is 1.37 bits per heavy atom. The molecule has 5 nitrogen and oxygen atoms in total. The largest absolute Gasteiger partial charge is 0.321 e. The molecule has 7 heteroatoms. The number of rotatable bonds is 5. The van der Waals surface area contributed by atoms with Crippen LogP contribution in [0.5, 0.6) is 0 Å². The lowest BCUT2D eigenvalue weighted by Gasteiger charge is -2.35. The van der Waals surface area contributed by atoms with Gasteiger partial charge in [-0.15, -0.1) is 23.1 Å². The van der Waals surface area contributed by atoms with Crippen molar-refractivity contribution < 1.29 is 4.79 Å². The van der Waals surface area contributed by atoms with Crippen molar-refractivity contribution in [3.8, 4) is 0 Å². The summed E-state index contributed by atoms with van der Waals surface area (Å²) in [4.78, 5) is 21.5. The van der Waals surface area contributed by atoms with Gasteiger partial charge < -0.3 is 15.1 Å². The molecule has 1 amide bonds. The fourth-order valence-electron chi connectivity index (χ4n) is 3.86. The van der Waals surface area contributed by atoms with Crippen LogP contribution in [0.3, 0.4) is 0 Å². The summed E-state index contributed by atoms with van der Waals surface area (Å²) in [5, 5.41) is 5.68. The summed E-state index contributed by atoms with van der Waals surface area (Å²) in [7, 11) is 4.25. The monoisotopic (exact) mass is 402 g/mol. The zero-order chi connectivity index (χ0) is 19.0. The van der Waals surface area contributed by atoms with Crippen LogP contribution in [0.1, 0.15) is 18.4 Å². The minimum atomic E-state index is -0.000720.